The number of rotatable bonds is 6. The summed E-state index contributed by atoms with van der Waals surface area (Å²) < 4.78 is 0. The second-order valence-corrected chi connectivity index (χ2v) is 6.37. The average molecular weight is 415 g/mol. The van der Waals surface area contributed by atoms with Gasteiger partial charge in [-0.1, -0.05) is 46.9 Å². The fourth-order valence-corrected chi connectivity index (χ4v) is 2.85. The van der Waals surface area contributed by atoms with Crippen molar-refractivity contribution in [1.29, 1.82) is 0 Å². The summed E-state index contributed by atoms with van der Waals surface area (Å²) >= 11 is 17.6. The van der Waals surface area contributed by atoms with Crippen LogP contribution in [0.25, 0.3) is 0 Å². The maximum absolute atomic E-state index is 12.2. The molecule has 1 amide bonds. The molecule has 0 saturated carbocycles. The monoisotopic (exact) mass is 413 g/mol. The second-order valence-electron chi connectivity index (χ2n) is 5.26. The molecule has 0 aliphatic rings. The Morgan fingerprint density at radius 1 is 1.19 bits per heavy atom. The third-order valence-electron chi connectivity index (χ3n) is 3.69. The number of nitrogens with one attached hydrogen (secondary N) is 1. The first-order valence-corrected chi connectivity index (χ1v) is 9.00. The summed E-state index contributed by atoms with van der Waals surface area (Å²) in [6.45, 7) is 6.06. The number of pyridine rings is 1. The first-order valence-electron chi connectivity index (χ1n) is 7.87. The van der Waals surface area contributed by atoms with Crippen LogP contribution in [0.4, 0.5) is 11.4 Å². The van der Waals surface area contributed by atoms with Gasteiger partial charge in [0.1, 0.15) is 5.02 Å². The van der Waals surface area contributed by atoms with Crippen molar-refractivity contribution in [2.24, 2.45) is 5.10 Å². The van der Waals surface area contributed by atoms with Crippen LogP contribution in [0.15, 0.2) is 29.4 Å². The van der Waals surface area contributed by atoms with Crippen molar-refractivity contribution >= 4 is 58.3 Å². The third-order valence-corrected chi connectivity index (χ3v) is 4.82. The van der Waals surface area contributed by atoms with E-state index in [4.69, 9.17) is 40.5 Å². The average Bonchev–Trinajstić information content (AvgIpc) is 2.65. The van der Waals surface area contributed by atoms with Gasteiger partial charge in [-0.25, -0.2) is 10.4 Å². The highest BCUT2D eigenvalue weighted by Gasteiger charge is 2.19. The number of hydrogen-bond donors (Lipinski definition) is 2. The molecule has 2 rings (SSSR count). The lowest BCUT2D eigenvalue weighted by molar-refractivity contribution is 0.0950. The van der Waals surface area contributed by atoms with Crippen molar-refractivity contribution in [3.8, 4) is 0 Å². The van der Waals surface area contributed by atoms with Crippen molar-refractivity contribution in [3.63, 3.8) is 0 Å². The molecule has 9 heteroatoms. The molecular weight excluding hydrogens is 397 g/mol. The van der Waals surface area contributed by atoms with E-state index in [2.05, 4.69) is 34.3 Å². The smallest absolute Gasteiger partial charge is 0.291 e. The lowest BCUT2D eigenvalue weighted by atomic mass is 10.2. The van der Waals surface area contributed by atoms with E-state index in [0.29, 0.717) is 0 Å². The molecule has 26 heavy (non-hydrogen) atoms. The number of halogens is 3. The molecule has 0 bridgehead atoms. The number of nitrogen functional groups attached to an aromatic ring is 1. The fourth-order valence-electron chi connectivity index (χ4n) is 2.26. The number of nitrogens with zero attached hydrogens (tertiary/aromatic N) is 3. The molecule has 1 aromatic carbocycles. The lowest BCUT2D eigenvalue weighted by Gasteiger charge is -2.20. The standard InChI is InChI=1S/C17H18Cl3N5O/c1-3-25(4-2)11-7-5-10(6-8-11)9-22-24-17(26)15-12(18)14(21)13(19)16(20)23-15/h5-9H,3-4H2,1-2H3,(H2,21,23)(H,24,26)/b22-9+. The minimum atomic E-state index is -0.642. The molecule has 0 atom stereocenters. The van der Waals surface area contributed by atoms with E-state index in [-0.39, 0.29) is 26.6 Å². The molecule has 0 spiro atoms. The van der Waals surface area contributed by atoms with E-state index in [1.165, 1.54) is 6.21 Å². The Labute approximate surface area is 166 Å². The first-order chi connectivity index (χ1) is 12.4. The summed E-state index contributed by atoms with van der Waals surface area (Å²) in [5.74, 6) is -0.642. The van der Waals surface area contributed by atoms with Gasteiger partial charge in [0.15, 0.2) is 10.8 Å². The fraction of sp³-hybridized carbons (Fsp3) is 0.235. The maximum atomic E-state index is 12.2. The van der Waals surface area contributed by atoms with E-state index in [0.717, 1.165) is 24.3 Å². The second kappa shape index (κ2) is 9.07. The largest absolute Gasteiger partial charge is 0.396 e. The summed E-state index contributed by atoms with van der Waals surface area (Å²) in [6, 6.07) is 7.81. The van der Waals surface area contributed by atoms with Gasteiger partial charge in [-0.05, 0) is 31.5 Å². The van der Waals surface area contributed by atoms with Crippen LogP contribution in [-0.2, 0) is 0 Å². The molecule has 0 aliphatic heterocycles. The number of carbonyl (C=O) groups excluding carboxylic acids is 1. The SMILES string of the molecule is CCN(CC)c1ccc(/C=N/NC(=O)c2nc(Cl)c(Cl)c(N)c2Cl)cc1. The Morgan fingerprint density at radius 2 is 1.81 bits per heavy atom. The van der Waals surface area contributed by atoms with Crippen LogP contribution >= 0.6 is 34.8 Å². The Morgan fingerprint density at radius 3 is 2.38 bits per heavy atom. The van der Waals surface area contributed by atoms with Crippen molar-refractivity contribution in [1.82, 2.24) is 10.4 Å². The highest BCUT2D eigenvalue weighted by atomic mass is 35.5. The number of nitrogens with two attached hydrogens (primary N) is 1. The molecule has 0 unspecified atom stereocenters. The van der Waals surface area contributed by atoms with Crippen LogP contribution < -0.4 is 16.1 Å². The molecule has 2 aromatic rings. The quantitative estimate of drug-likeness (QED) is 0.421. The van der Waals surface area contributed by atoms with Crippen LogP contribution in [0.5, 0.6) is 0 Å². The molecule has 0 aliphatic carbocycles. The lowest BCUT2D eigenvalue weighted by Crippen LogP contribution is -2.21. The van der Waals surface area contributed by atoms with Gasteiger partial charge < -0.3 is 10.6 Å². The molecule has 138 valence electrons. The summed E-state index contributed by atoms with van der Waals surface area (Å²) in [5.41, 5.74) is 9.83. The predicted molar refractivity (Wildman–Crippen MR) is 109 cm³/mol. The van der Waals surface area contributed by atoms with E-state index >= 15 is 0 Å². The van der Waals surface area contributed by atoms with E-state index in [1.54, 1.807) is 0 Å². The summed E-state index contributed by atoms with van der Waals surface area (Å²) in [5, 5.41) is 3.73. The minimum Gasteiger partial charge on any atom is -0.396 e. The maximum Gasteiger partial charge on any atom is 0.291 e. The van der Waals surface area contributed by atoms with E-state index < -0.39 is 5.91 Å². The number of aromatic nitrogens is 1. The molecule has 0 radical (unpaired) electrons. The van der Waals surface area contributed by atoms with Crippen LogP contribution in [0.3, 0.4) is 0 Å². The first kappa shape index (κ1) is 20.3. The summed E-state index contributed by atoms with van der Waals surface area (Å²) in [4.78, 5) is 18.2. The van der Waals surface area contributed by atoms with E-state index in [1.807, 2.05) is 24.3 Å². The topological polar surface area (TPSA) is 83.6 Å². The molecule has 6 nitrogen and oxygen atoms in total. The molecule has 0 saturated heterocycles. The molecule has 3 N–H and O–H groups in total. The van der Waals surface area contributed by atoms with Gasteiger partial charge in [0.25, 0.3) is 5.91 Å². The Kier molecular flexibility index (Phi) is 7.08. The van der Waals surface area contributed by atoms with Gasteiger partial charge in [0.05, 0.1) is 16.9 Å². The Hall–Kier alpha value is -2.02. The summed E-state index contributed by atoms with van der Waals surface area (Å²) in [7, 11) is 0. The number of hydrazone groups is 1. The molecule has 1 aromatic heterocycles. The zero-order valence-electron chi connectivity index (χ0n) is 14.3. The van der Waals surface area contributed by atoms with E-state index in [9.17, 15) is 4.79 Å². The normalized spacial score (nSPS) is 11.0. The number of amides is 1. The zero-order valence-corrected chi connectivity index (χ0v) is 16.5. The minimum absolute atomic E-state index is 0.00464. The highest BCUT2D eigenvalue weighted by molar-refractivity contribution is 6.46. The van der Waals surface area contributed by atoms with Gasteiger partial charge in [0, 0.05) is 18.8 Å². The zero-order chi connectivity index (χ0) is 19.3. The number of anilines is 2. The Bertz CT molecular complexity index is 820. The van der Waals surface area contributed by atoms with Gasteiger partial charge >= 0.3 is 0 Å². The number of benzene rings is 1. The van der Waals surface area contributed by atoms with Gasteiger partial charge in [-0.3, -0.25) is 4.79 Å². The molecule has 0 fully saturated rings. The van der Waals surface area contributed by atoms with Gasteiger partial charge in [-0.2, -0.15) is 5.10 Å². The molecule has 1 heterocycles. The Balaban J connectivity index is 2.08. The van der Waals surface area contributed by atoms with Gasteiger partial charge in [0.2, 0.25) is 0 Å². The predicted octanol–water partition coefficient (Wildman–Crippen LogP) is 4.23. The van der Waals surface area contributed by atoms with Crippen LogP contribution in [0.2, 0.25) is 15.2 Å². The van der Waals surface area contributed by atoms with Crippen LogP contribution in [0, 0.1) is 0 Å². The van der Waals surface area contributed by atoms with Crippen molar-refractivity contribution in [2.45, 2.75) is 13.8 Å². The highest BCUT2D eigenvalue weighted by Crippen LogP contribution is 2.34. The van der Waals surface area contributed by atoms with Crippen molar-refractivity contribution in [3.05, 3.63) is 50.7 Å². The van der Waals surface area contributed by atoms with Crippen LogP contribution in [-0.4, -0.2) is 30.2 Å². The van der Waals surface area contributed by atoms with Gasteiger partial charge in [-0.15, -0.1) is 0 Å². The number of carbonyl (C=O) groups is 1. The summed E-state index contributed by atoms with van der Waals surface area (Å²) in [6.07, 6.45) is 1.51. The van der Waals surface area contributed by atoms with Crippen molar-refractivity contribution < 1.29 is 4.79 Å². The molecular formula is C17H18Cl3N5O. The van der Waals surface area contributed by atoms with Crippen molar-refractivity contribution in [2.75, 3.05) is 23.7 Å². The number of hydrogen-bond acceptors (Lipinski definition) is 5. The van der Waals surface area contributed by atoms with Crippen LogP contribution in [0.1, 0.15) is 29.9 Å². The third kappa shape index (κ3) is 4.58.